The largest absolute Gasteiger partial charge is 0.456 e. The number of carbonyl (C=O) groups is 2. The Hall–Kier alpha value is -4.26. The Balaban J connectivity index is 1.79. The van der Waals surface area contributed by atoms with E-state index in [1.807, 2.05) is 41.3 Å². The molecule has 3 N–H and O–H groups in total. The first-order valence-corrected chi connectivity index (χ1v) is 13.5. The number of nitrogens with one attached hydrogen (secondary N) is 3. The summed E-state index contributed by atoms with van der Waals surface area (Å²) in [7, 11) is 0. The fourth-order valence-corrected chi connectivity index (χ4v) is 5.85. The third kappa shape index (κ3) is 4.13. The van der Waals surface area contributed by atoms with Gasteiger partial charge in [-0.1, -0.05) is 24.8 Å². The van der Waals surface area contributed by atoms with E-state index in [-0.39, 0.29) is 11.8 Å². The highest BCUT2D eigenvalue weighted by atomic mass is 16.5. The molecule has 0 bridgehead atoms. The van der Waals surface area contributed by atoms with Crippen molar-refractivity contribution in [1.29, 1.82) is 0 Å². The second-order valence-corrected chi connectivity index (χ2v) is 10.2. The van der Waals surface area contributed by atoms with Crippen LogP contribution in [0.2, 0.25) is 0 Å². The molecule has 39 heavy (non-hydrogen) atoms. The molecule has 3 aromatic rings. The average molecular weight is 525 g/mol. The van der Waals surface area contributed by atoms with Crippen molar-refractivity contribution in [3.8, 4) is 11.5 Å². The lowest BCUT2D eigenvalue weighted by atomic mass is 9.73. The average Bonchev–Trinajstić information content (AvgIpc) is 3.15. The van der Waals surface area contributed by atoms with Gasteiger partial charge in [-0.2, -0.15) is 0 Å². The van der Waals surface area contributed by atoms with Gasteiger partial charge in [0.1, 0.15) is 17.0 Å². The number of rotatable bonds is 8. The van der Waals surface area contributed by atoms with Crippen LogP contribution in [0.25, 0.3) is 0 Å². The Kier molecular flexibility index (Phi) is 6.85. The molecule has 0 saturated heterocycles. The zero-order chi connectivity index (χ0) is 27.9. The zero-order valence-electron chi connectivity index (χ0n) is 23.3. The highest BCUT2D eigenvalue weighted by Gasteiger charge is 2.56. The van der Waals surface area contributed by atoms with Gasteiger partial charge in [0.2, 0.25) is 5.91 Å². The lowest BCUT2D eigenvalue weighted by Gasteiger charge is -2.45. The summed E-state index contributed by atoms with van der Waals surface area (Å²) in [5, 5.41) is 9.79. The van der Waals surface area contributed by atoms with Gasteiger partial charge in [-0.05, 0) is 69.5 Å². The van der Waals surface area contributed by atoms with Crippen molar-refractivity contribution in [2.75, 3.05) is 36.8 Å². The van der Waals surface area contributed by atoms with Crippen molar-refractivity contribution in [1.82, 2.24) is 10.2 Å². The Morgan fingerprint density at radius 1 is 0.923 bits per heavy atom. The maximum Gasteiger partial charge on any atom is 0.255 e. The molecule has 0 aromatic heterocycles. The Morgan fingerprint density at radius 3 is 2.03 bits per heavy atom. The minimum atomic E-state index is -0.921. The molecule has 1 spiro atoms. The topological polar surface area (TPSA) is 82.7 Å². The molecule has 0 radical (unpaired) electrons. The molecule has 3 aromatic carbocycles. The molecule has 0 atom stereocenters. The molecular formula is C32H36N4O3. The quantitative estimate of drug-likeness (QED) is 0.329. The van der Waals surface area contributed by atoms with Crippen LogP contribution in [0.4, 0.5) is 11.4 Å². The van der Waals surface area contributed by atoms with Crippen LogP contribution in [0.5, 0.6) is 11.5 Å². The fourth-order valence-electron chi connectivity index (χ4n) is 5.85. The van der Waals surface area contributed by atoms with Crippen molar-refractivity contribution in [3.63, 3.8) is 0 Å². The van der Waals surface area contributed by atoms with Crippen LogP contribution < -0.4 is 20.7 Å². The van der Waals surface area contributed by atoms with E-state index in [1.165, 1.54) is 0 Å². The van der Waals surface area contributed by atoms with Crippen LogP contribution >= 0.6 is 0 Å². The summed E-state index contributed by atoms with van der Waals surface area (Å²) in [6.07, 6.45) is 0. The second-order valence-electron chi connectivity index (χ2n) is 10.2. The van der Waals surface area contributed by atoms with Gasteiger partial charge in [0, 0.05) is 71.9 Å². The molecule has 0 aliphatic carbocycles. The molecule has 5 rings (SSSR count). The van der Waals surface area contributed by atoms with E-state index in [0.717, 1.165) is 52.3 Å². The summed E-state index contributed by atoms with van der Waals surface area (Å²) < 4.78 is 6.62. The molecule has 0 saturated carbocycles. The Labute approximate surface area is 230 Å². The van der Waals surface area contributed by atoms with E-state index in [9.17, 15) is 9.59 Å². The van der Waals surface area contributed by atoms with Gasteiger partial charge in [0.15, 0.2) is 0 Å². The van der Waals surface area contributed by atoms with Gasteiger partial charge in [-0.15, -0.1) is 0 Å². The first-order chi connectivity index (χ1) is 18.7. The van der Waals surface area contributed by atoms with Crippen molar-refractivity contribution < 1.29 is 14.3 Å². The van der Waals surface area contributed by atoms with E-state index in [2.05, 4.69) is 62.4 Å². The van der Waals surface area contributed by atoms with Gasteiger partial charge in [0.05, 0.1) is 0 Å². The van der Waals surface area contributed by atoms with Crippen LogP contribution in [-0.4, -0.2) is 42.9 Å². The summed E-state index contributed by atoms with van der Waals surface area (Å²) in [4.78, 5) is 28.4. The summed E-state index contributed by atoms with van der Waals surface area (Å²) in [5.74, 6) is 1.11. The molecule has 2 aliphatic rings. The molecule has 2 aliphatic heterocycles. The zero-order valence-corrected chi connectivity index (χ0v) is 23.3. The highest BCUT2D eigenvalue weighted by molar-refractivity contribution is 6.02. The lowest BCUT2D eigenvalue weighted by molar-refractivity contribution is -0.117. The summed E-state index contributed by atoms with van der Waals surface area (Å²) in [5.41, 5.74) is 7.02. The third-order valence-electron chi connectivity index (χ3n) is 7.59. The third-order valence-corrected chi connectivity index (χ3v) is 7.59. The first-order valence-electron chi connectivity index (χ1n) is 13.5. The lowest BCUT2D eigenvalue weighted by Crippen LogP contribution is -2.50. The van der Waals surface area contributed by atoms with E-state index >= 15 is 0 Å². The van der Waals surface area contributed by atoms with E-state index < -0.39 is 5.54 Å². The predicted octanol–water partition coefficient (Wildman–Crippen LogP) is 5.71. The molecule has 202 valence electrons. The molecule has 7 nitrogen and oxygen atoms in total. The number of fused-ring (bicyclic) bond motifs is 6. The minimum absolute atomic E-state index is 0.0733. The van der Waals surface area contributed by atoms with Crippen LogP contribution in [-0.2, 0) is 10.3 Å². The smallest absolute Gasteiger partial charge is 0.255 e. The molecular weight excluding hydrogens is 488 g/mol. The van der Waals surface area contributed by atoms with Gasteiger partial charge in [-0.3, -0.25) is 9.59 Å². The number of amides is 2. The number of benzene rings is 3. The summed E-state index contributed by atoms with van der Waals surface area (Å²) in [6.45, 7) is 15.8. The van der Waals surface area contributed by atoms with Gasteiger partial charge >= 0.3 is 0 Å². The van der Waals surface area contributed by atoms with Crippen LogP contribution in [0, 0.1) is 13.8 Å². The van der Waals surface area contributed by atoms with E-state index in [1.54, 1.807) is 6.92 Å². The Morgan fingerprint density at radius 2 is 1.49 bits per heavy atom. The van der Waals surface area contributed by atoms with Gasteiger partial charge in [-0.25, -0.2) is 0 Å². The molecule has 2 amide bonds. The number of hydrogen-bond acceptors (Lipinski definition) is 5. The van der Waals surface area contributed by atoms with Gasteiger partial charge < -0.3 is 25.6 Å². The number of carbonyl (C=O) groups excluding carboxylic acids is 2. The van der Waals surface area contributed by atoms with Crippen LogP contribution in [0.3, 0.4) is 0 Å². The first kappa shape index (κ1) is 26.4. The van der Waals surface area contributed by atoms with E-state index in [4.69, 9.17) is 4.74 Å². The summed E-state index contributed by atoms with van der Waals surface area (Å²) >= 11 is 0. The number of nitrogens with zero attached hydrogens (tertiary/aromatic N) is 1. The van der Waals surface area contributed by atoms with Crippen molar-refractivity contribution in [3.05, 3.63) is 94.1 Å². The van der Waals surface area contributed by atoms with Crippen molar-refractivity contribution in [2.24, 2.45) is 0 Å². The maximum absolute atomic E-state index is 14.1. The molecule has 7 heteroatoms. The molecule has 0 unspecified atom stereocenters. The predicted molar refractivity (Wildman–Crippen MR) is 156 cm³/mol. The summed E-state index contributed by atoms with van der Waals surface area (Å²) in [6, 6.07) is 16.2. The SMILES string of the molecule is C=C(C)C(=O)NCCN1C(=O)c2ccccc2C12c1cc(C)c(NCC)cc1Oc1cc(NCC)c(C)cc12. The Bertz CT molecular complexity index is 1430. The van der Waals surface area contributed by atoms with Crippen LogP contribution in [0.1, 0.15) is 58.9 Å². The number of ether oxygens (including phenoxy) is 1. The van der Waals surface area contributed by atoms with E-state index in [0.29, 0.717) is 35.7 Å². The fraction of sp³-hybridized carbons (Fsp3) is 0.312. The molecule has 0 fully saturated rings. The standard InChI is InChI=1S/C32H36N4O3/c1-7-33-26-17-28-24(15-20(26)5)32(25-16-21(6)27(34-8-2)18-29(25)39-28)23-12-10-9-11-22(23)31(38)36(32)14-13-35-30(37)19(3)4/h9-12,15-18,33-34H,3,7-8,13-14H2,1-2,4-6H3,(H,35,37). The molecule has 2 heterocycles. The van der Waals surface area contributed by atoms with Crippen molar-refractivity contribution in [2.45, 2.75) is 40.2 Å². The van der Waals surface area contributed by atoms with Crippen molar-refractivity contribution >= 4 is 23.2 Å². The number of aryl methyl sites for hydroxylation is 2. The van der Waals surface area contributed by atoms with Gasteiger partial charge in [0.25, 0.3) is 5.91 Å². The normalized spacial score (nSPS) is 14.3. The number of anilines is 2. The minimum Gasteiger partial charge on any atom is -0.456 e. The maximum atomic E-state index is 14.1. The monoisotopic (exact) mass is 524 g/mol. The van der Waals surface area contributed by atoms with Crippen LogP contribution in [0.15, 0.2) is 60.7 Å². The highest BCUT2D eigenvalue weighted by Crippen LogP contribution is 2.58. The number of hydrogen-bond donors (Lipinski definition) is 3. The second kappa shape index (κ2) is 10.1.